The van der Waals surface area contributed by atoms with E-state index in [0.717, 1.165) is 59.4 Å². The smallest absolute Gasteiger partial charge is 0.213 e. The zero-order valence-corrected chi connectivity index (χ0v) is 22.3. The second-order valence-electron chi connectivity index (χ2n) is 10.7. The van der Waals surface area contributed by atoms with Crippen LogP contribution in [0.5, 0.6) is 5.88 Å². The van der Waals surface area contributed by atoms with Crippen LogP contribution in [0.2, 0.25) is 0 Å². The quantitative estimate of drug-likeness (QED) is 0.275. The van der Waals surface area contributed by atoms with Gasteiger partial charge in [-0.05, 0) is 55.9 Å². The summed E-state index contributed by atoms with van der Waals surface area (Å²) >= 11 is 0. The van der Waals surface area contributed by atoms with Gasteiger partial charge in [0.05, 0.1) is 23.1 Å². The minimum absolute atomic E-state index is 0.0764. The number of aromatic nitrogens is 4. The molecule has 1 saturated carbocycles. The van der Waals surface area contributed by atoms with Crippen LogP contribution in [0.25, 0.3) is 11.0 Å². The lowest BCUT2D eigenvalue weighted by Gasteiger charge is -2.30. The molecule has 1 aliphatic carbocycles. The van der Waals surface area contributed by atoms with E-state index in [1.165, 1.54) is 19.3 Å². The van der Waals surface area contributed by atoms with E-state index >= 15 is 0 Å². The van der Waals surface area contributed by atoms with Gasteiger partial charge < -0.3 is 9.47 Å². The summed E-state index contributed by atoms with van der Waals surface area (Å²) in [7, 11) is 0. The highest BCUT2D eigenvalue weighted by Gasteiger charge is 2.30. The Kier molecular flexibility index (Phi) is 7.46. The van der Waals surface area contributed by atoms with Crippen LogP contribution in [0.15, 0.2) is 54.7 Å². The summed E-state index contributed by atoms with van der Waals surface area (Å²) in [5, 5.41) is 10.6. The first-order valence-corrected chi connectivity index (χ1v) is 14.0. The fourth-order valence-electron chi connectivity index (χ4n) is 5.83. The summed E-state index contributed by atoms with van der Waals surface area (Å²) in [4.78, 5) is 19.5. The van der Waals surface area contributed by atoms with Gasteiger partial charge in [0.1, 0.15) is 18.5 Å². The van der Waals surface area contributed by atoms with Crippen LogP contribution in [-0.2, 0) is 11.3 Å². The molecular formula is C32H33N5O2. The van der Waals surface area contributed by atoms with E-state index in [-0.39, 0.29) is 12.0 Å². The summed E-state index contributed by atoms with van der Waals surface area (Å²) < 4.78 is 12.0. The maximum absolute atomic E-state index is 9.62. The third kappa shape index (κ3) is 5.62. The maximum Gasteiger partial charge on any atom is 0.213 e. The SMILES string of the molecule is Cc1nc2nc([C@H]3CCO[C@@H](c4ccc(OCc5ccccc5)nc4)C3)nc(C3CCCCC3)c2cc1C#N. The van der Waals surface area contributed by atoms with Crippen LogP contribution in [-0.4, -0.2) is 26.5 Å². The highest BCUT2D eigenvalue weighted by Crippen LogP contribution is 2.39. The number of pyridine rings is 2. The van der Waals surface area contributed by atoms with Crippen molar-refractivity contribution in [1.82, 2.24) is 19.9 Å². The molecule has 0 radical (unpaired) electrons. The fourth-order valence-corrected chi connectivity index (χ4v) is 5.83. The van der Waals surface area contributed by atoms with Crippen LogP contribution in [0.1, 0.15) is 96.8 Å². The molecule has 39 heavy (non-hydrogen) atoms. The molecule has 7 nitrogen and oxygen atoms in total. The molecule has 1 aliphatic heterocycles. The number of benzene rings is 1. The lowest BCUT2D eigenvalue weighted by molar-refractivity contribution is 0.00372. The molecule has 0 bridgehead atoms. The van der Waals surface area contributed by atoms with Gasteiger partial charge in [0, 0.05) is 36.1 Å². The molecule has 4 heterocycles. The average molecular weight is 520 g/mol. The van der Waals surface area contributed by atoms with E-state index in [2.05, 4.69) is 11.1 Å². The number of ether oxygens (including phenoxy) is 2. The van der Waals surface area contributed by atoms with E-state index < -0.39 is 0 Å². The Hall–Kier alpha value is -3.89. The zero-order chi connectivity index (χ0) is 26.6. The first kappa shape index (κ1) is 25.4. The zero-order valence-electron chi connectivity index (χ0n) is 22.3. The summed E-state index contributed by atoms with van der Waals surface area (Å²) in [6.07, 6.45) is 9.40. The van der Waals surface area contributed by atoms with Crippen LogP contribution in [0.3, 0.4) is 0 Å². The second-order valence-corrected chi connectivity index (χ2v) is 10.7. The van der Waals surface area contributed by atoms with Crippen molar-refractivity contribution in [2.45, 2.75) is 76.4 Å². The Bertz CT molecular complexity index is 1480. The molecule has 2 atom stereocenters. The van der Waals surface area contributed by atoms with Gasteiger partial charge in [0.2, 0.25) is 5.88 Å². The van der Waals surface area contributed by atoms with Gasteiger partial charge in [-0.3, -0.25) is 0 Å². The fraction of sp³-hybridized carbons (Fsp3) is 0.406. The largest absolute Gasteiger partial charge is 0.473 e. The molecule has 6 rings (SSSR count). The number of hydrogen-bond acceptors (Lipinski definition) is 7. The minimum atomic E-state index is -0.0764. The molecule has 0 spiro atoms. The van der Waals surface area contributed by atoms with Crippen molar-refractivity contribution in [2.75, 3.05) is 6.61 Å². The number of rotatable bonds is 6. The maximum atomic E-state index is 9.62. The predicted molar refractivity (Wildman–Crippen MR) is 148 cm³/mol. The summed E-state index contributed by atoms with van der Waals surface area (Å²) in [5.41, 5.74) is 5.25. The molecular weight excluding hydrogens is 486 g/mol. The van der Waals surface area contributed by atoms with Gasteiger partial charge in [-0.2, -0.15) is 5.26 Å². The van der Waals surface area contributed by atoms with Gasteiger partial charge in [-0.15, -0.1) is 0 Å². The van der Waals surface area contributed by atoms with Gasteiger partial charge in [0.15, 0.2) is 5.65 Å². The van der Waals surface area contributed by atoms with Crippen molar-refractivity contribution in [2.24, 2.45) is 0 Å². The lowest BCUT2D eigenvalue weighted by Crippen LogP contribution is -2.21. The number of nitrogens with zero attached hydrogens (tertiary/aromatic N) is 5. The number of nitriles is 1. The molecule has 0 unspecified atom stereocenters. The highest BCUT2D eigenvalue weighted by molar-refractivity contribution is 5.80. The van der Waals surface area contributed by atoms with E-state index in [4.69, 9.17) is 24.4 Å². The topological polar surface area (TPSA) is 93.8 Å². The molecule has 3 aromatic heterocycles. The Morgan fingerprint density at radius 1 is 0.974 bits per heavy atom. The van der Waals surface area contributed by atoms with E-state index in [1.54, 1.807) is 0 Å². The molecule has 0 N–H and O–H groups in total. The van der Waals surface area contributed by atoms with Crippen molar-refractivity contribution in [1.29, 1.82) is 5.26 Å². The normalized spacial score (nSPS) is 20.0. The van der Waals surface area contributed by atoms with Crippen LogP contribution in [0.4, 0.5) is 0 Å². The van der Waals surface area contributed by atoms with E-state index in [1.807, 2.05) is 61.7 Å². The monoisotopic (exact) mass is 519 g/mol. The van der Waals surface area contributed by atoms with Gasteiger partial charge in [-0.1, -0.05) is 49.6 Å². The molecule has 0 amide bonds. The number of fused-ring (bicyclic) bond motifs is 1. The van der Waals surface area contributed by atoms with Gasteiger partial charge >= 0.3 is 0 Å². The summed E-state index contributed by atoms with van der Waals surface area (Å²) in [6.45, 7) is 3.01. The number of hydrogen-bond donors (Lipinski definition) is 0. The van der Waals surface area contributed by atoms with Crippen LogP contribution in [0, 0.1) is 18.3 Å². The molecule has 1 aromatic carbocycles. The minimum Gasteiger partial charge on any atom is -0.473 e. The summed E-state index contributed by atoms with van der Waals surface area (Å²) in [5.74, 6) is 2.01. The Morgan fingerprint density at radius 3 is 2.59 bits per heavy atom. The first-order valence-electron chi connectivity index (χ1n) is 14.0. The van der Waals surface area contributed by atoms with Crippen molar-refractivity contribution >= 4 is 11.0 Å². The number of aryl methyl sites for hydroxylation is 1. The highest BCUT2D eigenvalue weighted by atomic mass is 16.5. The van der Waals surface area contributed by atoms with Crippen molar-refractivity contribution in [3.8, 4) is 11.9 Å². The second kappa shape index (κ2) is 11.5. The first-order chi connectivity index (χ1) is 19.2. The Labute approximate surface area is 229 Å². The van der Waals surface area contributed by atoms with Crippen LogP contribution >= 0.6 is 0 Å². The molecule has 4 aromatic rings. The van der Waals surface area contributed by atoms with Crippen molar-refractivity contribution in [3.05, 3.63) is 88.6 Å². The third-order valence-corrected chi connectivity index (χ3v) is 8.05. The summed E-state index contributed by atoms with van der Waals surface area (Å²) in [6, 6.07) is 18.3. The van der Waals surface area contributed by atoms with Gasteiger partial charge in [0.25, 0.3) is 0 Å². The molecule has 2 fully saturated rings. The third-order valence-electron chi connectivity index (χ3n) is 8.05. The molecule has 1 saturated heterocycles. The van der Waals surface area contributed by atoms with E-state index in [9.17, 15) is 5.26 Å². The Balaban J connectivity index is 1.23. The van der Waals surface area contributed by atoms with E-state index in [0.29, 0.717) is 36.2 Å². The Morgan fingerprint density at radius 2 is 1.82 bits per heavy atom. The van der Waals surface area contributed by atoms with Gasteiger partial charge in [-0.25, -0.2) is 19.9 Å². The van der Waals surface area contributed by atoms with Crippen molar-refractivity contribution in [3.63, 3.8) is 0 Å². The average Bonchev–Trinajstić information content (AvgIpc) is 3.00. The predicted octanol–water partition coefficient (Wildman–Crippen LogP) is 6.86. The molecule has 7 heteroatoms. The standard InChI is InChI=1S/C32H33N5O2/c1-21-26(18-33)16-27-30(23-10-6-3-7-11-23)36-31(37-32(27)35-21)24-14-15-38-28(17-24)25-12-13-29(34-19-25)39-20-22-8-4-2-5-9-22/h2,4-5,8-9,12-13,16,19,23-24,28H,3,6-7,10-11,14-15,17,20H2,1H3/t24-,28+/m0/s1. The van der Waals surface area contributed by atoms with Crippen molar-refractivity contribution < 1.29 is 9.47 Å². The lowest BCUT2D eigenvalue weighted by atomic mass is 9.85. The van der Waals surface area contributed by atoms with Crippen LogP contribution < -0.4 is 4.74 Å². The molecule has 2 aliphatic rings. The molecule has 198 valence electrons.